The number of amides is 2. The summed E-state index contributed by atoms with van der Waals surface area (Å²) in [6, 6.07) is 31.4. The van der Waals surface area contributed by atoms with Crippen molar-refractivity contribution in [3.05, 3.63) is 132 Å². The van der Waals surface area contributed by atoms with Gasteiger partial charge < -0.3 is 23.8 Å². The SMILES string of the molecule is Cc1ccc(C)n1-c1ccc(OCc2ccc(C(=O)N/N=C/c3ccc(OCC(=O)Nc4ccccc4)cc3)o2)cc1. The van der Waals surface area contributed by atoms with Crippen LogP contribution in [0.15, 0.2) is 113 Å². The number of carbonyl (C=O) groups is 2. The molecule has 2 aromatic heterocycles. The van der Waals surface area contributed by atoms with E-state index in [-0.39, 0.29) is 24.9 Å². The van der Waals surface area contributed by atoms with Gasteiger partial charge in [0.2, 0.25) is 0 Å². The molecule has 0 saturated heterocycles. The molecule has 0 fully saturated rings. The minimum absolute atomic E-state index is 0.116. The first-order chi connectivity index (χ1) is 20.4. The highest BCUT2D eigenvalue weighted by Crippen LogP contribution is 2.21. The molecule has 0 aliphatic heterocycles. The van der Waals surface area contributed by atoms with Gasteiger partial charge in [-0.2, -0.15) is 5.10 Å². The van der Waals surface area contributed by atoms with Crippen LogP contribution in [-0.2, 0) is 11.4 Å². The van der Waals surface area contributed by atoms with Crippen molar-refractivity contribution in [2.75, 3.05) is 11.9 Å². The van der Waals surface area contributed by atoms with Gasteiger partial charge >= 0.3 is 5.91 Å². The maximum absolute atomic E-state index is 12.4. The van der Waals surface area contributed by atoms with Gasteiger partial charge in [0.05, 0.1) is 6.21 Å². The third kappa shape index (κ3) is 7.33. The Bertz CT molecular complexity index is 1650. The predicted octanol–water partition coefficient (Wildman–Crippen LogP) is 6.05. The second-order valence-corrected chi connectivity index (χ2v) is 9.47. The summed E-state index contributed by atoms with van der Waals surface area (Å²) in [6.45, 7) is 4.20. The van der Waals surface area contributed by atoms with Gasteiger partial charge in [-0.25, -0.2) is 5.43 Å². The Kier molecular flexibility index (Phi) is 8.79. The Hall–Kier alpha value is -5.57. The van der Waals surface area contributed by atoms with Gasteiger partial charge in [-0.05, 0) is 104 Å². The van der Waals surface area contributed by atoms with Crippen LogP contribution in [-0.4, -0.2) is 29.2 Å². The van der Waals surface area contributed by atoms with E-state index in [1.165, 1.54) is 6.21 Å². The fourth-order valence-corrected chi connectivity index (χ4v) is 4.24. The molecule has 5 rings (SSSR count). The van der Waals surface area contributed by atoms with E-state index >= 15 is 0 Å². The Labute approximate surface area is 243 Å². The Balaban J connectivity index is 1.05. The van der Waals surface area contributed by atoms with Gasteiger partial charge in [-0.15, -0.1) is 0 Å². The summed E-state index contributed by atoms with van der Waals surface area (Å²) in [6.07, 6.45) is 1.50. The average Bonchev–Trinajstić information content (AvgIpc) is 3.62. The molecule has 5 aromatic rings. The van der Waals surface area contributed by atoms with Crippen LogP contribution < -0.4 is 20.2 Å². The minimum atomic E-state index is -0.483. The van der Waals surface area contributed by atoms with E-state index in [1.807, 2.05) is 42.5 Å². The predicted molar refractivity (Wildman–Crippen MR) is 160 cm³/mol. The highest BCUT2D eigenvalue weighted by molar-refractivity contribution is 5.92. The van der Waals surface area contributed by atoms with Crippen LogP contribution in [0.4, 0.5) is 5.69 Å². The average molecular weight is 563 g/mol. The molecule has 0 saturated carbocycles. The Morgan fingerprint density at radius 2 is 1.48 bits per heavy atom. The highest BCUT2D eigenvalue weighted by atomic mass is 16.5. The van der Waals surface area contributed by atoms with Crippen molar-refractivity contribution in [2.24, 2.45) is 5.10 Å². The summed E-state index contributed by atoms with van der Waals surface area (Å²) < 4.78 is 19.1. The zero-order valence-electron chi connectivity index (χ0n) is 23.2. The largest absolute Gasteiger partial charge is 0.486 e. The lowest BCUT2D eigenvalue weighted by Crippen LogP contribution is -2.20. The summed E-state index contributed by atoms with van der Waals surface area (Å²) in [5.74, 6) is 1.13. The second-order valence-electron chi connectivity index (χ2n) is 9.47. The van der Waals surface area contributed by atoms with Crippen molar-refractivity contribution >= 4 is 23.7 Å². The number of para-hydroxylation sites is 1. The number of aromatic nitrogens is 1. The molecule has 42 heavy (non-hydrogen) atoms. The van der Waals surface area contributed by atoms with Crippen molar-refractivity contribution in [3.8, 4) is 17.2 Å². The number of anilines is 1. The summed E-state index contributed by atoms with van der Waals surface area (Å²) in [4.78, 5) is 24.5. The third-order valence-corrected chi connectivity index (χ3v) is 6.32. The molecule has 212 valence electrons. The van der Waals surface area contributed by atoms with Crippen molar-refractivity contribution in [2.45, 2.75) is 20.5 Å². The molecule has 0 radical (unpaired) electrons. The highest BCUT2D eigenvalue weighted by Gasteiger charge is 2.11. The maximum Gasteiger partial charge on any atom is 0.307 e. The molecule has 0 unspecified atom stereocenters. The lowest BCUT2D eigenvalue weighted by molar-refractivity contribution is -0.118. The first-order valence-corrected chi connectivity index (χ1v) is 13.3. The number of hydrazone groups is 1. The number of nitrogens with zero attached hydrogens (tertiary/aromatic N) is 2. The van der Waals surface area contributed by atoms with Crippen molar-refractivity contribution in [1.82, 2.24) is 9.99 Å². The number of nitrogens with one attached hydrogen (secondary N) is 2. The van der Waals surface area contributed by atoms with Crippen LogP contribution in [0.1, 0.15) is 33.3 Å². The number of aryl methyl sites for hydroxylation is 2. The molecule has 2 heterocycles. The van der Waals surface area contributed by atoms with Crippen LogP contribution in [0.25, 0.3) is 5.69 Å². The van der Waals surface area contributed by atoms with Gasteiger partial charge in [0.1, 0.15) is 23.9 Å². The van der Waals surface area contributed by atoms with Crippen LogP contribution in [0.3, 0.4) is 0 Å². The van der Waals surface area contributed by atoms with E-state index in [9.17, 15) is 9.59 Å². The Morgan fingerprint density at radius 1 is 0.810 bits per heavy atom. The monoisotopic (exact) mass is 562 g/mol. The number of rotatable bonds is 11. The third-order valence-electron chi connectivity index (χ3n) is 6.32. The van der Waals surface area contributed by atoms with E-state index < -0.39 is 5.91 Å². The first kappa shape index (κ1) is 28.0. The first-order valence-electron chi connectivity index (χ1n) is 13.3. The molecule has 0 aliphatic rings. The number of furan rings is 1. The van der Waals surface area contributed by atoms with E-state index in [0.717, 1.165) is 22.6 Å². The summed E-state index contributed by atoms with van der Waals surface area (Å²) >= 11 is 0. The molecule has 9 heteroatoms. The maximum atomic E-state index is 12.4. The van der Waals surface area contributed by atoms with Gasteiger partial charge in [0, 0.05) is 22.8 Å². The van der Waals surface area contributed by atoms with E-state index in [4.69, 9.17) is 13.9 Å². The van der Waals surface area contributed by atoms with E-state index in [1.54, 1.807) is 48.5 Å². The summed E-state index contributed by atoms with van der Waals surface area (Å²) in [7, 11) is 0. The van der Waals surface area contributed by atoms with Gasteiger partial charge in [-0.3, -0.25) is 9.59 Å². The molecular weight excluding hydrogens is 532 g/mol. The summed E-state index contributed by atoms with van der Waals surface area (Å²) in [5.41, 5.74) is 7.28. The minimum Gasteiger partial charge on any atom is -0.486 e. The summed E-state index contributed by atoms with van der Waals surface area (Å²) in [5, 5.41) is 6.75. The topological polar surface area (TPSA) is 107 Å². The smallest absolute Gasteiger partial charge is 0.307 e. The number of hydrogen-bond donors (Lipinski definition) is 2. The van der Waals surface area contributed by atoms with Crippen molar-refractivity contribution in [1.29, 1.82) is 0 Å². The van der Waals surface area contributed by atoms with E-state index in [2.05, 4.69) is 46.4 Å². The van der Waals surface area contributed by atoms with Crippen molar-refractivity contribution < 1.29 is 23.5 Å². The molecular formula is C33H30N4O5. The fraction of sp³-hybridized carbons (Fsp3) is 0.121. The van der Waals surface area contributed by atoms with Gasteiger partial charge in [0.15, 0.2) is 12.4 Å². The number of carbonyl (C=O) groups excluding carboxylic acids is 2. The standard InChI is InChI=1S/C33H30N4O5/c1-23-8-9-24(2)37(23)27-12-16-29(17-13-27)40-21-30-18-19-31(42-30)33(39)36-34-20-25-10-14-28(15-11-25)41-22-32(38)35-26-6-4-3-5-7-26/h3-20H,21-22H2,1-2H3,(H,35,38)(H,36,39)/b34-20+. The molecule has 9 nitrogen and oxygen atoms in total. The molecule has 0 bridgehead atoms. The molecule has 0 aliphatic carbocycles. The molecule has 2 amide bonds. The fourth-order valence-electron chi connectivity index (χ4n) is 4.24. The lowest BCUT2D eigenvalue weighted by atomic mass is 10.2. The zero-order chi connectivity index (χ0) is 29.3. The lowest BCUT2D eigenvalue weighted by Gasteiger charge is -2.10. The van der Waals surface area contributed by atoms with Crippen LogP contribution in [0.5, 0.6) is 11.5 Å². The number of benzene rings is 3. The van der Waals surface area contributed by atoms with Crippen molar-refractivity contribution in [3.63, 3.8) is 0 Å². The normalized spacial score (nSPS) is 10.9. The second kappa shape index (κ2) is 13.2. The molecule has 2 N–H and O–H groups in total. The zero-order valence-corrected chi connectivity index (χ0v) is 23.2. The van der Waals surface area contributed by atoms with E-state index in [0.29, 0.717) is 22.9 Å². The number of hydrogen-bond acceptors (Lipinski definition) is 6. The molecule has 0 atom stereocenters. The number of ether oxygens (including phenoxy) is 2. The van der Waals surface area contributed by atoms with Crippen LogP contribution in [0, 0.1) is 13.8 Å². The van der Waals surface area contributed by atoms with Crippen LogP contribution >= 0.6 is 0 Å². The van der Waals surface area contributed by atoms with Gasteiger partial charge in [-0.1, -0.05) is 18.2 Å². The van der Waals surface area contributed by atoms with Crippen LogP contribution in [0.2, 0.25) is 0 Å². The Morgan fingerprint density at radius 3 is 2.19 bits per heavy atom. The molecule has 3 aromatic carbocycles. The quantitative estimate of drug-likeness (QED) is 0.151. The van der Waals surface area contributed by atoms with Gasteiger partial charge in [0.25, 0.3) is 5.91 Å². The molecule has 0 spiro atoms.